The Morgan fingerprint density at radius 1 is 0.964 bits per heavy atom. The van der Waals surface area contributed by atoms with Gasteiger partial charge in [-0.15, -0.1) is 0 Å². The quantitative estimate of drug-likeness (QED) is 0.126. The van der Waals surface area contributed by atoms with Crippen molar-refractivity contribution in [3.8, 4) is 0 Å². The van der Waals surface area contributed by atoms with Gasteiger partial charge in [0, 0.05) is 76.2 Å². The van der Waals surface area contributed by atoms with Crippen LogP contribution in [0, 0.1) is 0 Å². The molecule has 288 valence electrons. The second kappa shape index (κ2) is 16.0. The van der Waals surface area contributed by atoms with Crippen molar-refractivity contribution in [2.75, 3.05) is 61.8 Å². The summed E-state index contributed by atoms with van der Waals surface area (Å²) >= 11 is 0. The topological polar surface area (TPSA) is 215 Å². The Hall–Kier alpha value is -6.26. The minimum absolute atomic E-state index is 0.0117. The van der Waals surface area contributed by atoms with E-state index in [0.29, 0.717) is 80.4 Å². The second-order valence-electron chi connectivity index (χ2n) is 14.3. The van der Waals surface area contributed by atoms with Gasteiger partial charge in [0.15, 0.2) is 11.5 Å². The zero-order valence-corrected chi connectivity index (χ0v) is 30.7. The van der Waals surface area contributed by atoms with E-state index in [1.54, 1.807) is 36.2 Å². The first-order valence-corrected chi connectivity index (χ1v) is 18.7. The van der Waals surface area contributed by atoms with Crippen LogP contribution in [0.15, 0.2) is 48.7 Å². The summed E-state index contributed by atoms with van der Waals surface area (Å²) in [5.41, 5.74) is 8.73. The minimum atomic E-state index is -0.729. The van der Waals surface area contributed by atoms with Gasteiger partial charge < -0.3 is 41.3 Å². The fraction of sp³-hybridized carbons (Fsp3) is 0.421. The lowest BCUT2D eigenvalue weighted by Gasteiger charge is -2.37. The summed E-state index contributed by atoms with van der Waals surface area (Å²) in [6.07, 6.45) is 5.25. The number of hydrogen-bond donors (Lipinski definition) is 5. The maximum atomic E-state index is 13.3. The number of carbonyl (C=O) groups is 6. The van der Waals surface area contributed by atoms with Gasteiger partial charge in [0.1, 0.15) is 11.9 Å². The van der Waals surface area contributed by atoms with Crippen molar-refractivity contribution < 1.29 is 28.8 Å². The van der Waals surface area contributed by atoms with Crippen LogP contribution in [0.5, 0.6) is 0 Å². The first-order chi connectivity index (χ1) is 26.6. The summed E-state index contributed by atoms with van der Waals surface area (Å²) in [4.78, 5) is 91.3. The molecule has 3 fully saturated rings. The van der Waals surface area contributed by atoms with Gasteiger partial charge in [-0.05, 0) is 68.0 Å². The van der Waals surface area contributed by atoms with Crippen LogP contribution in [0.25, 0.3) is 0 Å². The van der Waals surface area contributed by atoms with Crippen LogP contribution in [-0.2, 0) is 16.1 Å². The molecule has 5 heterocycles. The molecule has 55 heavy (non-hydrogen) atoms. The smallest absolute Gasteiger partial charge is 0.320 e. The summed E-state index contributed by atoms with van der Waals surface area (Å²) < 4.78 is 0. The highest BCUT2D eigenvalue weighted by molar-refractivity contribution is 6.08. The number of carbonyl (C=O) groups excluding carboxylic acids is 6. The second-order valence-corrected chi connectivity index (χ2v) is 14.3. The van der Waals surface area contributed by atoms with Gasteiger partial charge in [-0.25, -0.2) is 14.8 Å². The number of fused-ring (bicyclic) bond motifs is 1. The van der Waals surface area contributed by atoms with Gasteiger partial charge in [-0.1, -0.05) is 12.1 Å². The van der Waals surface area contributed by atoms with Crippen molar-refractivity contribution in [1.82, 2.24) is 35.3 Å². The molecule has 2 atom stereocenters. The Labute approximate surface area is 318 Å². The van der Waals surface area contributed by atoms with Gasteiger partial charge in [-0.3, -0.25) is 29.3 Å². The lowest BCUT2D eigenvalue weighted by Crippen LogP contribution is -2.52. The van der Waals surface area contributed by atoms with Crippen LogP contribution in [0.2, 0.25) is 0 Å². The standard InChI is InChI=1S/C38H45N11O6/c1-46-18-19-48(38(46)55)26-7-5-17-47(22-26)29-20-42-32(33(39)51)34(44-29)43-25-11-9-23(10-12-25)35(52)41-16-3-2-15-40-27-8-4-6-24-21-49(37(54)31(24)27)28-13-14-30(50)45-36(28)53/h4,6,8-12,20,26,28,40H,2-3,5,7,13-19,21-22H2,1H3,(H2,39,51)(H,41,52)(H,43,44)(H,45,50,53)/t26-,28?/m1/s1. The Balaban J connectivity index is 0.884. The van der Waals surface area contributed by atoms with Gasteiger partial charge in [0.05, 0.1) is 17.8 Å². The fourth-order valence-corrected chi connectivity index (χ4v) is 7.60. The number of nitrogens with two attached hydrogens (primary N) is 1. The number of piperidine rings is 2. The van der Waals surface area contributed by atoms with E-state index >= 15 is 0 Å². The maximum Gasteiger partial charge on any atom is 0.320 e. The number of urea groups is 1. The lowest BCUT2D eigenvalue weighted by atomic mass is 10.0. The third kappa shape index (κ3) is 8.00. The van der Waals surface area contributed by atoms with Gasteiger partial charge in [0.25, 0.3) is 17.7 Å². The highest BCUT2D eigenvalue weighted by atomic mass is 16.2. The van der Waals surface area contributed by atoms with Crippen LogP contribution in [0.4, 0.5) is 27.8 Å². The molecule has 0 saturated carbocycles. The monoisotopic (exact) mass is 751 g/mol. The first kappa shape index (κ1) is 37.1. The first-order valence-electron chi connectivity index (χ1n) is 18.7. The Kier molecular flexibility index (Phi) is 10.8. The normalized spacial score (nSPS) is 19.7. The van der Waals surface area contributed by atoms with Crippen molar-refractivity contribution in [1.29, 1.82) is 0 Å². The van der Waals surface area contributed by atoms with Crippen LogP contribution < -0.4 is 31.9 Å². The van der Waals surface area contributed by atoms with Crippen molar-refractivity contribution in [3.05, 3.63) is 71.0 Å². The van der Waals surface area contributed by atoms with E-state index in [2.05, 4.69) is 31.2 Å². The van der Waals surface area contributed by atoms with Gasteiger partial charge >= 0.3 is 6.03 Å². The van der Waals surface area contributed by atoms with E-state index in [-0.39, 0.29) is 47.7 Å². The predicted octanol–water partition coefficient (Wildman–Crippen LogP) is 2.04. The molecular weight excluding hydrogens is 706 g/mol. The molecule has 0 spiro atoms. The van der Waals surface area contributed by atoms with Crippen molar-refractivity contribution in [2.45, 2.75) is 57.2 Å². The molecule has 4 aliphatic rings. The zero-order chi connectivity index (χ0) is 38.6. The molecule has 0 bridgehead atoms. The molecule has 6 N–H and O–H groups in total. The van der Waals surface area contributed by atoms with E-state index < -0.39 is 17.9 Å². The number of likely N-dealkylation sites (N-methyl/N-ethyl adjacent to an activating group) is 1. The van der Waals surface area contributed by atoms with E-state index in [1.807, 2.05) is 23.1 Å². The number of rotatable bonds is 13. The van der Waals surface area contributed by atoms with E-state index in [4.69, 9.17) is 10.7 Å². The van der Waals surface area contributed by atoms with Gasteiger partial charge in [0.2, 0.25) is 11.8 Å². The highest BCUT2D eigenvalue weighted by Crippen LogP contribution is 2.32. The third-order valence-corrected chi connectivity index (χ3v) is 10.6. The number of anilines is 4. The summed E-state index contributed by atoms with van der Waals surface area (Å²) in [7, 11) is 1.81. The number of nitrogens with one attached hydrogen (secondary N) is 4. The van der Waals surface area contributed by atoms with Crippen LogP contribution >= 0.6 is 0 Å². The Bertz CT molecular complexity index is 2010. The SMILES string of the molecule is CN1CCN([C@@H]2CCCN(c3cnc(C(N)=O)c(Nc4ccc(C(=O)NCCCCNc5cccc6c5C(=O)N(C5CCC(=O)NC5=O)C6)cc4)n3)C2)C1=O. The molecule has 2 aromatic carbocycles. The van der Waals surface area contributed by atoms with E-state index in [1.165, 1.54) is 11.1 Å². The predicted molar refractivity (Wildman–Crippen MR) is 203 cm³/mol. The number of unbranched alkanes of at least 4 members (excludes halogenated alkanes) is 1. The number of benzene rings is 2. The minimum Gasteiger partial charge on any atom is -0.384 e. The van der Waals surface area contributed by atoms with Crippen molar-refractivity contribution >= 4 is 58.6 Å². The molecule has 3 saturated heterocycles. The molecule has 4 aliphatic heterocycles. The summed E-state index contributed by atoms with van der Waals surface area (Å²) in [6, 6.07) is 11.8. The molecule has 0 aliphatic carbocycles. The third-order valence-electron chi connectivity index (χ3n) is 10.6. The lowest BCUT2D eigenvalue weighted by molar-refractivity contribution is -0.136. The molecule has 1 unspecified atom stereocenters. The number of amides is 7. The zero-order valence-electron chi connectivity index (χ0n) is 30.7. The van der Waals surface area contributed by atoms with Crippen molar-refractivity contribution in [3.63, 3.8) is 0 Å². The highest BCUT2D eigenvalue weighted by Gasteiger charge is 2.40. The average Bonchev–Trinajstić information content (AvgIpc) is 3.70. The fourth-order valence-electron chi connectivity index (χ4n) is 7.60. The number of aromatic nitrogens is 2. The van der Waals surface area contributed by atoms with E-state index in [0.717, 1.165) is 31.4 Å². The van der Waals surface area contributed by atoms with Crippen LogP contribution in [-0.4, -0.2) is 119 Å². The molecule has 0 radical (unpaired) electrons. The number of hydrogen-bond acceptors (Lipinski definition) is 11. The average molecular weight is 752 g/mol. The molecular formula is C38H45N11O6. The number of primary amides is 1. The number of imide groups is 1. The Morgan fingerprint density at radius 2 is 1.76 bits per heavy atom. The summed E-state index contributed by atoms with van der Waals surface area (Å²) in [5, 5.41) is 11.7. The summed E-state index contributed by atoms with van der Waals surface area (Å²) in [5.74, 6) is -1.18. The summed E-state index contributed by atoms with van der Waals surface area (Å²) in [6.45, 7) is 4.07. The van der Waals surface area contributed by atoms with Crippen LogP contribution in [0.3, 0.4) is 0 Å². The Morgan fingerprint density at radius 3 is 2.51 bits per heavy atom. The van der Waals surface area contributed by atoms with Crippen LogP contribution in [0.1, 0.15) is 75.3 Å². The molecule has 1 aromatic heterocycles. The molecule has 17 heteroatoms. The molecule has 17 nitrogen and oxygen atoms in total. The number of nitrogens with zero attached hydrogens (tertiary/aromatic N) is 6. The van der Waals surface area contributed by atoms with E-state index in [9.17, 15) is 28.8 Å². The van der Waals surface area contributed by atoms with Gasteiger partial charge in [-0.2, -0.15) is 0 Å². The molecule has 7 amide bonds. The van der Waals surface area contributed by atoms with Crippen molar-refractivity contribution in [2.24, 2.45) is 5.73 Å². The maximum absolute atomic E-state index is 13.3. The molecule has 3 aromatic rings. The largest absolute Gasteiger partial charge is 0.384 e. The molecule has 7 rings (SSSR count).